The van der Waals surface area contributed by atoms with Gasteiger partial charge in [0.05, 0.1) is 5.69 Å². The number of benzene rings is 3. The van der Waals surface area contributed by atoms with Gasteiger partial charge >= 0.3 is 0 Å². The molecule has 9 nitrogen and oxygen atoms in total. The maximum atomic E-state index is 16.0. The number of hydrogen-bond donors (Lipinski definition) is 2. The highest BCUT2D eigenvalue weighted by Crippen LogP contribution is 2.50. The number of carbonyl (C=O) groups excluding carboxylic acids is 3. The predicted octanol–water partition coefficient (Wildman–Crippen LogP) is 5.83. The number of amides is 3. The van der Waals surface area contributed by atoms with Crippen molar-refractivity contribution in [2.45, 2.75) is 76.3 Å². The Morgan fingerprint density at radius 1 is 0.774 bits per heavy atom. The summed E-state index contributed by atoms with van der Waals surface area (Å²) in [6.45, 7) is 6.94. The Hall–Kier alpha value is -4.44. The molecule has 3 saturated heterocycles. The van der Waals surface area contributed by atoms with E-state index in [1.54, 1.807) is 11.0 Å². The second-order valence-electron chi connectivity index (χ2n) is 16.4. The second-order valence-corrected chi connectivity index (χ2v) is 16.4. The summed E-state index contributed by atoms with van der Waals surface area (Å²) in [4.78, 5) is 46.0. The molecule has 53 heavy (non-hydrogen) atoms. The number of phenols is 1. The van der Waals surface area contributed by atoms with E-state index < -0.39 is 6.04 Å². The average Bonchev–Trinajstić information content (AvgIpc) is 3.46. The van der Waals surface area contributed by atoms with Crippen molar-refractivity contribution in [3.05, 3.63) is 88.2 Å². The van der Waals surface area contributed by atoms with Crippen molar-refractivity contribution in [3.63, 3.8) is 0 Å². The zero-order valence-corrected chi connectivity index (χ0v) is 30.4. The van der Waals surface area contributed by atoms with Gasteiger partial charge in [-0.1, -0.05) is 31.4 Å². The molecule has 3 aromatic carbocycles. The van der Waals surface area contributed by atoms with Crippen LogP contribution in [-0.4, -0.2) is 84.5 Å². The van der Waals surface area contributed by atoms with E-state index in [1.807, 2.05) is 30.3 Å². The summed E-state index contributed by atoms with van der Waals surface area (Å²) in [5.74, 6) is 1.41. The molecule has 6 aliphatic rings. The van der Waals surface area contributed by atoms with Crippen LogP contribution < -0.4 is 15.1 Å². The number of nitrogens with zero attached hydrogens (tertiary/aromatic N) is 4. The summed E-state index contributed by atoms with van der Waals surface area (Å²) < 4.78 is 16.0. The summed E-state index contributed by atoms with van der Waals surface area (Å²) in [5.41, 5.74) is 6.96. The molecule has 3 amide bonds. The molecule has 0 aromatic heterocycles. The maximum absolute atomic E-state index is 16.0. The van der Waals surface area contributed by atoms with Crippen molar-refractivity contribution in [1.29, 1.82) is 0 Å². The van der Waals surface area contributed by atoms with Gasteiger partial charge in [0.15, 0.2) is 0 Å². The Morgan fingerprint density at radius 3 is 2.32 bits per heavy atom. The number of rotatable bonds is 7. The van der Waals surface area contributed by atoms with Gasteiger partial charge in [-0.3, -0.25) is 24.6 Å². The van der Waals surface area contributed by atoms with Crippen molar-refractivity contribution in [1.82, 2.24) is 15.1 Å². The number of nitrogens with one attached hydrogen (secondary N) is 1. The number of aromatic hydroxyl groups is 1. The summed E-state index contributed by atoms with van der Waals surface area (Å²) in [6.07, 6.45) is 8.64. The second kappa shape index (κ2) is 14.1. The Morgan fingerprint density at radius 2 is 1.58 bits per heavy atom. The number of carbonyl (C=O) groups is 3. The molecule has 0 spiro atoms. The molecular formula is C43H50FN5O4. The van der Waals surface area contributed by atoms with E-state index in [4.69, 9.17) is 0 Å². The van der Waals surface area contributed by atoms with Gasteiger partial charge in [0.1, 0.15) is 17.6 Å². The third-order valence-electron chi connectivity index (χ3n) is 13.4. The number of phenolic OH excluding ortho intramolecular Hbond substituents is 1. The lowest BCUT2D eigenvalue weighted by atomic mass is 9.62. The van der Waals surface area contributed by atoms with Crippen LogP contribution in [0.15, 0.2) is 54.6 Å². The molecule has 9 rings (SSSR count). The first-order valence-electron chi connectivity index (χ1n) is 19.9. The molecule has 2 N–H and O–H groups in total. The van der Waals surface area contributed by atoms with Gasteiger partial charge in [-0.2, -0.15) is 0 Å². The number of piperidine rings is 2. The van der Waals surface area contributed by atoms with Gasteiger partial charge in [-0.15, -0.1) is 0 Å². The third kappa shape index (κ3) is 6.57. The fraction of sp³-hybridized carbons (Fsp3) is 0.512. The number of fused-ring (bicyclic) bond motifs is 2. The van der Waals surface area contributed by atoms with Gasteiger partial charge in [0, 0.05) is 75.9 Å². The van der Waals surface area contributed by atoms with Crippen LogP contribution in [0.25, 0.3) is 0 Å². The summed E-state index contributed by atoms with van der Waals surface area (Å²) in [6, 6.07) is 17.2. The first-order chi connectivity index (χ1) is 25.8. The number of anilines is 2. The Balaban J connectivity index is 0.782. The van der Waals surface area contributed by atoms with Crippen molar-refractivity contribution in [2.24, 2.45) is 17.8 Å². The summed E-state index contributed by atoms with van der Waals surface area (Å²) in [7, 11) is 0. The van der Waals surface area contributed by atoms with E-state index in [0.717, 1.165) is 94.0 Å². The monoisotopic (exact) mass is 719 g/mol. The van der Waals surface area contributed by atoms with Crippen molar-refractivity contribution >= 4 is 29.1 Å². The minimum atomic E-state index is -0.599. The van der Waals surface area contributed by atoms with Gasteiger partial charge < -0.3 is 19.8 Å². The third-order valence-corrected chi connectivity index (χ3v) is 13.4. The van der Waals surface area contributed by atoms with Crippen molar-refractivity contribution < 1.29 is 23.9 Å². The van der Waals surface area contributed by atoms with Crippen LogP contribution in [0.2, 0.25) is 0 Å². The van der Waals surface area contributed by atoms with Gasteiger partial charge in [-0.25, -0.2) is 4.39 Å². The largest absolute Gasteiger partial charge is 0.508 e. The fourth-order valence-electron chi connectivity index (χ4n) is 10.3. The van der Waals surface area contributed by atoms with Gasteiger partial charge in [0.2, 0.25) is 11.8 Å². The van der Waals surface area contributed by atoms with Crippen LogP contribution in [0.1, 0.15) is 89.9 Å². The SMILES string of the molecule is O=C1CC[C@H](N2Cc3cc(N4CCN(CC5CCN(c6ccc([C@@H]7c8ccc(O)cc8CC[C@@H]7C7CCC7)cc6F)CC5)CC4)ccc3C2=O)C(=O)N1. The molecule has 10 heteroatoms. The summed E-state index contributed by atoms with van der Waals surface area (Å²) in [5, 5.41) is 12.5. The minimum absolute atomic E-state index is 0.116. The van der Waals surface area contributed by atoms with Gasteiger partial charge in [0.25, 0.3) is 5.91 Å². The Labute approximate surface area is 311 Å². The zero-order chi connectivity index (χ0) is 36.2. The lowest BCUT2D eigenvalue weighted by molar-refractivity contribution is -0.136. The van der Waals surface area contributed by atoms with E-state index in [-0.39, 0.29) is 35.9 Å². The quantitative estimate of drug-likeness (QED) is 0.297. The normalized spacial score (nSPS) is 25.6. The fourth-order valence-corrected chi connectivity index (χ4v) is 10.3. The van der Waals surface area contributed by atoms with Crippen LogP contribution in [0.3, 0.4) is 0 Å². The molecule has 278 valence electrons. The van der Waals surface area contributed by atoms with E-state index in [1.165, 1.54) is 30.4 Å². The molecule has 0 bridgehead atoms. The topological polar surface area (TPSA) is 96.4 Å². The average molecular weight is 720 g/mol. The van der Waals surface area contributed by atoms with Crippen LogP contribution in [0.4, 0.5) is 15.8 Å². The van der Waals surface area contributed by atoms with Crippen molar-refractivity contribution in [2.75, 3.05) is 55.6 Å². The molecular weight excluding hydrogens is 670 g/mol. The lowest BCUT2D eigenvalue weighted by Crippen LogP contribution is -2.52. The number of halogens is 1. The van der Waals surface area contributed by atoms with E-state index in [9.17, 15) is 19.5 Å². The molecule has 0 unspecified atom stereocenters. The molecule has 3 atom stereocenters. The van der Waals surface area contributed by atoms with E-state index in [2.05, 4.69) is 38.2 Å². The first-order valence-corrected chi connectivity index (χ1v) is 19.9. The molecule has 4 fully saturated rings. The highest BCUT2D eigenvalue weighted by Gasteiger charge is 2.40. The number of hydrogen-bond acceptors (Lipinski definition) is 7. The van der Waals surface area contributed by atoms with Crippen LogP contribution in [-0.2, 0) is 22.6 Å². The highest BCUT2D eigenvalue weighted by atomic mass is 19.1. The molecule has 4 aliphatic heterocycles. The van der Waals surface area contributed by atoms with Gasteiger partial charge in [-0.05, 0) is 115 Å². The van der Waals surface area contributed by atoms with Crippen molar-refractivity contribution in [3.8, 4) is 5.75 Å². The summed E-state index contributed by atoms with van der Waals surface area (Å²) >= 11 is 0. The molecule has 0 radical (unpaired) electrons. The van der Waals surface area contributed by atoms with E-state index >= 15 is 4.39 Å². The Kier molecular flexibility index (Phi) is 9.12. The zero-order valence-electron chi connectivity index (χ0n) is 30.4. The first kappa shape index (κ1) is 34.3. The predicted molar refractivity (Wildman–Crippen MR) is 202 cm³/mol. The van der Waals surface area contributed by atoms with Crippen LogP contribution in [0.5, 0.6) is 5.75 Å². The lowest BCUT2D eigenvalue weighted by Gasteiger charge is -2.43. The number of piperazine rings is 1. The van der Waals surface area contributed by atoms with E-state index in [0.29, 0.717) is 42.0 Å². The highest BCUT2D eigenvalue weighted by molar-refractivity contribution is 6.05. The van der Waals surface area contributed by atoms with Crippen LogP contribution in [0, 0.1) is 23.6 Å². The molecule has 4 heterocycles. The standard InChI is InChI=1S/C43H50FN5O4/c44-37-24-30(41-34(28-2-1-3-28)8-4-29-23-33(50)7-10-35(29)41)5-11-38(37)48-16-14-27(15-17-48)25-46-18-20-47(21-19-46)32-6-9-36-31(22-32)26-49(43(36)53)39-12-13-40(51)45-42(39)52/h5-7,9-11,22-24,27-28,34,39,41,50H,1-4,8,12-21,25-26H2,(H,45,51,52)/t34-,39+,41+/m1/s1. The number of aryl methyl sites for hydroxylation is 1. The minimum Gasteiger partial charge on any atom is -0.508 e. The number of imide groups is 1. The maximum Gasteiger partial charge on any atom is 0.255 e. The molecule has 1 saturated carbocycles. The Bertz CT molecular complexity index is 1910. The van der Waals surface area contributed by atoms with Crippen LogP contribution >= 0.6 is 0 Å². The smallest absolute Gasteiger partial charge is 0.255 e. The molecule has 2 aliphatic carbocycles. The molecule has 3 aromatic rings.